The van der Waals surface area contributed by atoms with Gasteiger partial charge < -0.3 is 33.3 Å². The summed E-state index contributed by atoms with van der Waals surface area (Å²) in [5.41, 5.74) is 0. The number of allylic oxidation sites excluding steroid dienone is 24. The van der Waals surface area contributed by atoms with Crippen LogP contribution in [0.25, 0.3) is 0 Å². The topological polar surface area (TPSA) is 111 Å². The highest BCUT2D eigenvalue weighted by Gasteiger charge is 2.22. The monoisotopic (exact) mass is 1120 g/mol. The van der Waals surface area contributed by atoms with Gasteiger partial charge in [-0.25, -0.2) is 0 Å². The van der Waals surface area contributed by atoms with Crippen molar-refractivity contribution < 1.29 is 42.9 Å². The number of aliphatic carboxylic acids is 1. The Bertz CT molecular complexity index is 1840. The van der Waals surface area contributed by atoms with Gasteiger partial charge in [0.15, 0.2) is 12.4 Å². The molecule has 0 aromatic carbocycles. The van der Waals surface area contributed by atoms with Gasteiger partial charge >= 0.3 is 11.9 Å². The third kappa shape index (κ3) is 62.6. The summed E-state index contributed by atoms with van der Waals surface area (Å²) >= 11 is 0. The molecule has 9 nitrogen and oxygen atoms in total. The normalized spacial score (nSPS) is 13.7. The molecule has 81 heavy (non-hydrogen) atoms. The van der Waals surface area contributed by atoms with Crippen LogP contribution in [0.5, 0.6) is 0 Å². The molecule has 0 bridgehead atoms. The zero-order valence-electron chi connectivity index (χ0n) is 52.1. The molecule has 2 atom stereocenters. The number of ether oxygens (including phenoxy) is 4. The van der Waals surface area contributed by atoms with Crippen LogP contribution in [0, 0.1) is 0 Å². The summed E-state index contributed by atoms with van der Waals surface area (Å²) in [6.45, 7) is 4.57. The van der Waals surface area contributed by atoms with Crippen molar-refractivity contribution in [3.63, 3.8) is 0 Å². The summed E-state index contributed by atoms with van der Waals surface area (Å²) in [7, 11) is 5.91. The lowest BCUT2D eigenvalue weighted by Crippen LogP contribution is -2.44. The number of quaternary nitrogens is 1. The van der Waals surface area contributed by atoms with E-state index in [1.807, 2.05) is 21.1 Å². The third-order valence-corrected chi connectivity index (χ3v) is 13.1. The molecule has 0 radical (unpaired) electrons. The smallest absolute Gasteiger partial charge is 0.306 e. The number of carbonyl (C=O) groups excluding carboxylic acids is 3. The zero-order valence-corrected chi connectivity index (χ0v) is 52.1. The van der Waals surface area contributed by atoms with Crippen LogP contribution >= 0.6 is 0 Å². The number of esters is 2. The largest absolute Gasteiger partial charge is 0.545 e. The maximum atomic E-state index is 12.9. The fourth-order valence-corrected chi connectivity index (χ4v) is 8.18. The van der Waals surface area contributed by atoms with Gasteiger partial charge in [0, 0.05) is 12.8 Å². The first kappa shape index (κ1) is 76.2. The van der Waals surface area contributed by atoms with E-state index >= 15 is 0 Å². The Hall–Kier alpha value is -4.83. The predicted molar refractivity (Wildman–Crippen MR) is 342 cm³/mol. The molecule has 0 spiro atoms. The van der Waals surface area contributed by atoms with E-state index < -0.39 is 24.3 Å². The minimum atomic E-state index is -1.63. The second-order valence-corrected chi connectivity index (χ2v) is 22.0. The van der Waals surface area contributed by atoms with Crippen molar-refractivity contribution in [2.24, 2.45) is 0 Å². The second-order valence-electron chi connectivity index (χ2n) is 22.0. The average molecular weight is 1120 g/mol. The molecule has 2 unspecified atom stereocenters. The van der Waals surface area contributed by atoms with Gasteiger partial charge in [-0.05, 0) is 122 Å². The Morgan fingerprint density at radius 2 is 0.704 bits per heavy atom. The van der Waals surface area contributed by atoms with E-state index in [0.29, 0.717) is 17.4 Å². The first-order valence-corrected chi connectivity index (χ1v) is 32.0. The average Bonchev–Trinajstić information content (AvgIpc) is 3.44. The molecule has 9 heteroatoms. The zero-order chi connectivity index (χ0) is 59.1. The second kappa shape index (κ2) is 61.2. The van der Waals surface area contributed by atoms with Crippen molar-refractivity contribution >= 4 is 17.9 Å². The van der Waals surface area contributed by atoms with Gasteiger partial charge in [-0.1, -0.05) is 243 Å². The Morgan fingerprint density at radius 3 is 1.05 bits per heavy atom. The molecule has 0 aromatic rings. The highest BCUT2D eigenvalue weighted by molar-refractivity contribution is 5.70. The summed E-state index contributed by atoms with van der Waals surface area (Å²) in [6, 6.07) is 0. The molecular formula is C72H117NO8. The third-order valence-electron chi connectivity index (χ3n) is 13.1. The highest BCUT2D eigenvalue weighted by Crippen LogP contribution is 2.14. The van der Waals surface area contributed by atoms with Crippen molar-refractivity contribution in [1.82, 2.24) is 0 Å². The van der Waals surface area contributed by atoms with E-state index in [-0.39, 0.29) is 38.6 Å². The van der Waals surface area contributed by atoms with Crippen LogP contribution in [0.2, 0.25) is 0 Å². The van der Waals surface area contributed by atoms with Crippen LogP contribution in [-0.4, -0.2) is 82.3 Å². The van der Waals surface area contributed by atoms with Crippen LogP contribution in [0.3, 0.4) is 0 Å². The number of rotatable bonds is 57. The number of carboxylic acid groups (broad SMARTS) is 1. The molecule has 0 amide bonds. The number of hydrogen-bond donors (Lipinski definition) is 0. The summed E-state index contributed by atoms with van der Waals surface area (Å²) in [5.74, 6) is -2.32. The SMILES string of the molecule is CC/C=C\C/C=C\C/C=C\C/C=C\C/C=C\C/C=C\C/C=C\C/C=C\C/C=C\C/C=C\CCCCCCCCCCC(=O)OC(COC(=O)CCCCCCCCC/C=C\C/C=C\CCCCC)COC(OCC[N+](C)(C)C)C(=O)[O-]. The molecule has 0 saturated carbocycles. The molecule has 0 aliphatic carbocycles. The number of hydrogen-bond acceptors (Lipinski definition) is 8. The number of carboxylic acids is 1. The van der Waals surface area contributed by atoms with Gasteiger partial charge in [0.25, 0.3) is 0 Å². The van der Waals surface area contributed by atoms with Crippen LogP contribution in [0.1, 0.15) is 232 Å². The number of likely N-dealkylation sites (N-methyl/N-ethyl adjacent to an activating group) is 1. The molecule has 0 rings (SSSR count). The maximum Gasteiger partial charge on any atom is 0.306 e. The molecule has 0 aliphatic rings. The molecule has 0 N–H and O–H groups in total. The summed E-state index contributed by atoms with van der Waals surface area (Å²) in [4.78, 5) is 37.3. The Kier molecular flexibility index (Phi) is 57.6. The minimum Gasteiger partial charge on any atom is -0.545 e. The van der Waals surface area contributed by atoms with Gasteiger partial charge in [-0.2, -0.15) is 0 Å². The first-order chi connectivity index (χ1) is 39.6. The van der Waals surface area contributed by atoms with Crippen molar-refractivity contribution in [2.45, 2.75) is 245 Å². The van der Waals surface area contributed by atoms with E-state index in [1.165, 1.54) is 70.6 Å². The van der Waals surface area contributed by atoms with E-state index in [4.69, 9.17) is 18.9 Å². The lowest BCUT2D eigenvalue weighted by molar-refractivity contribution is -0.870. The minimum absolute atomic E-state index is 0.137. The van der Waals surface area contributed by atoms with Gasteiger partial charge in [0.2, 0.25) is 0 Å². The molecule has 0 fully saturated rings. The van der Waals surface area contributed by atoms with Crippen molar-refractivity contribution in [1.29, 1.82) is 0 Å². The summed E-state index contributed by atoms with van der Waals surface area (Å²) in [6.07, 6.45) is 86.2. The van der Waals surface area contributed by atoms with Crippen LogP contribution in [0.4, 0.5) is 0 Å². The maximum absolute atomic E-state index is 12.9. The van der Waals surface area contributed by atoms with Crippen LogP contribution in [-0.2, 0) is 33.3 Å². The molecular weight excluding hydrogens is 1010 g/mol. The number of carbonyl (C=O) groups is 3. The van der Waals surface area contributed by atoms with Gasteiger partial charge in [0.1, 0.15) is 13.2 Å². The fourth-order valence-electron chi connectivity index (χ4n) is 8.18. The Morgan fingerprint density at radius 1 is 0.383 bits per heavy atom. The molecule has 458 valence electrons. The summed E-state index contributed by atoms with van der Waals surface area (Å²) < 4.78 is 22.7. The molecule has 0 saturated heterocycles. The van der Waals surface area contributed by atoms with E-state index in [9.17, 15) is 19.5 Å². The van der Waals surface area contributed by atoms with E-state index in [0.717, 1.165) is 128 Å². The summed E-state index contributed by atoms with van der Waals surface area (Å²) in [5, 5.41) is 11.8. The molecule has 0 heterocycles. The van der Waals surface area contributed by atoms with Crippen molar-refractivity contribution in [3.05, 3.63) is 146 Å². The van der Waals surface area contributed by atoms with Crippen molar-refractivity contribution in [3.8, 4) is 0 Å². The standard InChI is InChI=1S/C72H117NO8/c1-6-8-10-12-14-16-18-20-22-24-25-26-27-28-29-30-31-32-33-34-35-36-37-38-39-40-41-42-43-44-45-47-49-51-53-55-57-59-61-63-70(75)81-68(67-80-72(71(76)77)78-65-64-73(3,4)5)66-79-69(74)62-60-58-56-54-52-50-48-46-23-21-19-17-15-13-11-9-7-2/h8,10,14-17,20-23,25-26,28-29,31-32,34-35,37-38,40-41,43-44,68,72H,6-7,9,11-13,18-19,24,27,30,33,36,39,42,45-67H2,1-5H3/b10-8-,16-14-,17-15-,22-20-,23-21-,26-25-,29-28-,32-31-,35-34-,38-37-,41-40-,44-43-. The quantitative estimate of drug-likeness (QED) is 0.0195. The van der Waals surface area contributed by atoms with Gasteiger partial charge in [-0.3, -0.25) is 9.59 Å². The van der Waals surface area contributed by atoms with Crippen LogP contribution in [0.15, 0.2) is 146 Å². The predicted octanol–water partition coefficient (Wildman–Crippen LogP) is 18.2. The number of unbranched alkanes of at least 4 members (excludes halogenated alkanes) is 18. The Labute approximate surface area is 496 Å². The van der Waals surface area contributed by atoms with Gasteiger partial charge in [-0.15, -0.1) is 0 Å². The fraction of sp³-hybridized carbons (Fsp3) is 0.625. The molecule has 0 aromatic heterocycles. The first-order valence-electron chi connectivity index (χ1n) is 32.0. The highest BCUT2D eigenvalue weighted by atomic mass is 16.7. The van der Waals surface area contributed by atoms with Gasteiger partial charge in [0.05, 0.1) is 40.3 Å². The lowest BCUT2D eigenvalue weighted by Gasteiger charge is -2.26. The lowest BCUT2D eigenvalue weighted by atomic mass is 10.1. The van der Waals surface area contributed by atoms with Crippen LogP contribution < -0.4 is 5.11 Å². The number of nitrogens with zero attached hydrogens (tertiary/aromatic N) is 1. The van der Waals surface area contributed by atoms with Crippen molar-refractivity contribution in [2.75, 3.05) is 47.5 Å². The molecule has 0 aliphatic heterocycles. The van der Waals surface area contributed by atoms with E-state index in [1.54, 1.807) is 0 Å². The Balaban J connectivity index is 4.21. The van der Waals surface area contributed by atoms with E-state index in [2.05, 4.69) is 160 Å².